The molecule has 0 radical (unpaired) electrons. The van der Waals surface area contributed by atoms with Crippen molar-refractivity contribution in [3.63, 3.8) is 0 Å². The Morgan fingerprint density at radius 3 is 2.23 bits per heavy atom. The average molecular weight is 363 g/mol. The first-order valence-corrected chi connectivity index (χ1v) is 11.9. The van der Waals surface area contributed by atoms with Crippen molar-refractivity contribution in [2.24, 2.45) is 29.6 Å². The number of unbranched alkanes of at least 4 members (excludes halogenated alkanes) is 3. The highest BCUT2D eigenvalue weighted by Gasteiger charge is 2.44. The molecule has 0 aromatic carbocycles. The van der Waals surface area contributed by atoms with E-state index in [0.717, 1.165) is 55.3 Å². The van der Waals surface area contributed by atoms with Gasteiger partial charge in [-0.05, 0) is 81.0 Å². The van der Waals surface area contributed by atoms with Crippen molar-refractivity contribution < 1.29 is 9.53 Å². The van der Waals surface area contributed by atoms with E-state index in [1.165, 1.54) is 64.2 Å². The number of ether oxygens (including phenoxy) is 1. The van der Waals surface area contributed by atoms with E-state index in [9.17, 15) is 4.79 Å². The predicted octanol–water partition coefficient (Wildman–Crippen LogP) is 6.91. The van der Waals surface area contributed by atoms with E-state index in [2.05, 4.69) is 13.8 Å². The lowest BCUT2D eigenvalue weighted by molar-refractivity contribution is -0.153. The molecule has 3 saturated carbocycles. The smallest absolute Gasteiger partial charge is 0.306 e. The monoisotopic (exact) mass is 362 g/mol. The van der Waals surface area contributed by atoms with Crippen LogP contribution in [-0.4, -0.2) is 12.1 Å². The summed E-state index contributed by atoms with van der Waals surface area (Å²) >= 11 is 0. The first-order valence-electron chi connectivity index (χ1n) is 11.9. The maximum Gasteiger partial charge on any atom is 0.306 e. The molecule has 0 spiro atoms. The third kappa shape index (κ3) is 5.26. The van der Waals surface area contributed by atoms with Gasteiger partial charge in [-0.2, -0.15) is 0 Å². The van der Waals surface area contributed by atoms with Crippen molar-refractivity contribution in [2.45, 2.75) is 116 Å². The Balaban J connectivity index is 1.44. The van der Waals surface area contributed by atoms with Gasteiger partial charge in [0.25, 0.3) is 0 Å². The predicted molar refractivity (Wildman–Crippen MR) is 108 cm³/mol. The molecule has 3 rings (SSSR count). The Morgan fingerprint density at radius 1 is 0.808 bits per heavy atom. The third-order valence-corrected chi connectivity index (χ3v) is 7.85. The van der Waals surface area contributed by atoms with Crippen LogP contribution < -0.4 is 0 Å². The summed E-state index contributed by atoms with van der Waals surface area (Å²) in [6.45, 7) is 4.51. The molecule has 0 N–H and O–H groups in total. The van der Waals surface area contributed by atoms with Gasteiger partial charge >= 0.3 is 5.97 Å². The molecule has 0 amide bonds. The van der Waals surface area contributed by atoms with Crippen LogP contribution in [0.15, 0.2) is 0 Å². The van der Waals surface area contributed by atoms with Crippen molar-refractivity contribution in [1.82, 2.24) is 0 Å². The topological polar surface area (TPSA) is 26.3 Å². The maximum atomic E-state index is 12.1. The molecule has 0 aromatic heterocycles. The van der Waals surface area contributed by atoms with Crippen LogP contribution in [0.1, 0.15) is 110 Å². The second-order valence-corrected chi connectivity index (χ2v) is 9.63. The second-order valence-electron chi connectivity index (χ2n) is 9.63. The molecule has 0 bridgehead atoms. The van der Waals surface area contributed by atoms with Gasteiger partial charge in [-0.3, -0.25) is 4.79 Å². The van der Waals surface area contributed by atoms with Gasteiger partial charge in [0.15, 0.2) is 0 Å². The number of hydrogen-bond acceptors (Lipinski definition) is 2. The Bertz CT molecular complexity index is 432. The van der Waals surface area contributed by atoms with Gasteiger partial charge in [0.1, 0.15) is 6.10 Å². The lowest BCUT2D eigenvalue weighted by atomic mass is 9.56. The number of hydrogen-bond donors (Lipinski definition) is 0. The highest BCUT2D eigenvalue weighted by atomic mass is 16.5. The van der Waals surface area contributed by atoms with Crippen LogP contribution in [0.3, 0.4) is 0 Å². The van der Waals surface area contributed by atoms with E-state index in [-0.39, 0.29) is 12.1 Å². The summed E-state index contributed by atoms with van der Waals surface area (Å²) in [5.41, 5.74) is 0. The molecule has 0 aliphatic heterocycles. The van der Waals surface area contributed by atoms with Crippen molar-refractivity contribution in [3.05, 3.63) is 0 Å². The summed E-state index contributed by atoms with van der Waals surface area (Å²) in [7, 11) is 0. The summed E-state index contributed by atoms with van der Waals surface area (Å²) in [5.74, 6) is 4.87. The van der Waals surface area contributed by atoms with Gasteiger partial charge in [0.05, 0.1) is 0 Å². The SMILES string of the molecule is CCCCCC(=O)OC1CCC2C(CCC3CC(CCCC)CCC32)C1. The molecule has 3 fully saturated rings. The van der Waals surface area contributed by atoms with Crippen molar-refractivity contribution >= 4 is 5.97 Å². The highest BCUT2D eigenvalue weighted by molar-refractivity contribution is 5.69. The lowest BCUT2D eigenvalue weighted by Gasteiger charge is -2.50. The van der Waals surface area contributed by atoms with Crippen LogP contribution >= 0.6 is 0 Å². The molecule has 3 aliphatic rings. The van der Waals surface area contributed by atoms with E-state index in [4.69, 9.17) is 4.74 Å². The van der Waals surface area contributed by atoms with Gasteiger partial charge in [-0.25, -0.2) is 0 Å². The van der Waals surface area contributed by atoms with Gasteiger partial charge < -0.3 is 4.74 Å². The summed E-state index contributed by atoms with van der Waals surface area (Å²) in [5, 5.41) is 0. The molecular weight excluding hydrogens is 320 g/mol. The van der Waals surface area contributed by atoms with E-state index in [1.54, 1.807) is 0 Å². The molecule has 2 nitrogen and oxygen atoms in total. The van der Waals surface area contributed by atoms with Crippen molar-refractivity contribution in [2.75, 3.05) is 0 Å². The van der Waals surface area contributed by atoms with Gasteiger partial charge in [-0.15, -0.1) is 0 Å². The normalized spacial score (nSPS) is 36.8. The van der Waals surface area contributed by atoms with Crippen LogP contribution in [0.5, 0.6) is 0 Å². The average Bonchev–Trinajstić information content (AvgIpc) is 2.66. The van der Waals surface area contributed by atoms with Crippen LogP contribution in [0.4, 0.5) is 0 Å². The summed E-state index contributed by atoms with van der Waals surface area (Å²) in [6, 6.07) is 0. The number of fused-ring (bicyclic) bond motifs is 3. The molecule has 2 heteroatoms. The van der Waals surface area contributed by atoms with Crippen LogP contribution in [0, 0.1) is 29.6 Å². The largest absolute Gasteiger partial charge is 0.462 e. The van der Waals surface area contributed by atoms with E-state index in [0.29, 0.717) is 6.42 Å². The molecule has 26 heavy (non-hydrogen) atoms. The minimum Gasteiger partial charge on any atom is -0.462 e. The van der Waals surface area contributed by atoms with Crippen LogP contribution in [-0.2, 0) is 9.53 Å². The fourth-order valence-corrected chi connectivity index (χ4v) is 6.47. The standard InChI is InChI=1S/C24H42O2/c1-3-5-7-9-24(25)26-21-13-15-23-20(17-21)12-11-19-16-18(8-6-4-2)10-14-22(19)23/h18-23H,3-17H2,1-2H3. The Kier molecular flexibility index (Phi) is 7.88. The third-order valence-electron chi connectivity index (χ3n) is 7.85. The van der Waals surface area contributed by atoms with Crippen molar-refractivity contribution in [1.29, 1.82) is 0 Å². The second kappa shape index (κ2) is 10.1. The molecule has 150 valence electrons. The summed E-state index contributed by atoms with van der Waals surface area (Å²) < 4.78 is 5.85. The van der Waals surface area contributed by atoms with E-state index >= 15 is 0 Å². The van der Waals surface area contributed by atoms with E-state index in [1.807, 2.05) is 0 Å². The Labute approximate surface area is 161 Å². The number of carbonyl (C=O) groups is 1. The minimum absolute atomic E-state index is 0.0621. The number of carbonyl (C=O) groups excluding carboxylic acids is 1. The van der Waals surface area contributed by atoms with Crippen LogP contribution in [0.25, 0.3) is 0 Å². The molecule has 6 atom stereocenters. The molecular formula is C24H42O2. The zero-order valence-electron chi connectivity index (χ0n) is 17.4. The lowest BCUT2D eigenvalue weighted by Crippen LogP contribution is -2.43. The molecule has 0 saturated heterocycles. The van der Waals surface area contributed by atoms with Gasteiger partial charge in [-0.1, -0.05) is 52.4 Å². The molecule has 6 unspecified atom stereocenters. The molecule has 3 aliphatic carbocycles. The van der Waals surface area contributed by atoms with E-state index < -0.39 is 0 Å². The quantitative estimate of drug-likeness (QED) is 0.346. The molecule has 0 aromatic rings. The van der Waals surface area contributed by atoms with Crippen molar-refractivity contribution in [3.8, 4) is 0 Å². The Hall–Kier alpha value is -0.530. The fraction of sp³-hybridized carbons (Fsp3) is 0.958. The number of esters is 1. The Morgan fingerprint density at radius 2 is 1.50 bits per heavy atom. The highest BCUT2D eigenvalue weighted by Crippen LogP contribution is 2.53. The van der Waals surface area contributed by atoms with Gasteiger partial charge in [0, 0.05) is 6.42 Å². The fourth-order valence-electron chi connectivity index (χ4n) is 6.47. The summed E-state index contributed by atoms with van der Waals surface area (Å²) in [6.07, 6.45) is 19.4. The zero-order valence-corrected chi connectivity index (χ0v) is 17.4. The first-order chi connectivity index (χ1) is 12.7. The molecule has 0 heterocycles. The first kappa shape index (κ1) is 20.2. The van der Waals surface area contributed by atoms with Crippen LogP contribution in [0.2, 0.25) is 0 Å². The maximum absolute atomic E-state index is 12.1. The number of rotatable bonds is 8. The zero-order chi connectivity index (χ0) is 18.4. The van der Waals surface area contributed by atoms with Gasteiger partial charge in [0.2, 0.25) is 0 Å². The minimum atomic E-state index is 0.0621. The summed E-state index contributed by atoms with van der Waals surface area (Å²) in [4.78, 5) is 12.1.